The van der Waals surface area contributed by atoms with Gasteiger partial charge in [0.15, 0.2) is 0 Å². The Labute approximate surface area is 73.3 Å². The van der Waals surface area contributed by atoms with Crippen LogP contribution in [0.5, 0.6) is 0 Å². The lowest BCUT2D eigenvalue weighted by Crippen LogP contribution is -1.99. The van der Waals surface area contributed by atoms with Gasteiger partial charge in [-0.3, -0.25) is 0 Å². The van der Waals surface area contributed by atoms with Crippen LogP contribution in [0.25, 0.3) is 0 Å². The minimum atomic E-state index is 0.632. The van der Waals surface area contributed by atoms with Crippen LogP contribution in [0.15, 0.2) is 29.0 Å². The van der Waals surface area contributed by atoms with E-state index in [1.54, 1.807) is 0 Å². The summed E-state index contributed by atoms with van der Waals surface area (Å²) in [6.07, 6.45) is 11.6. The molecule has 0 saturated carbocycles. The molecule has 0 heterocycles. The van der Waals surface area contributed by atoms with Crippen molar-refractivity contribution >= 4 is 6.21 Å². The first-order valence-electron chi connectivity index (χ1n) is 4.34. The van der Waals surface area contributed by atoms with Crippen LogP contribution >= 0.6 is 0 Å². The fourth-order valence-electron chi connectivity index (χ4n) is 1.47. The summed E-state index contributed by atoms with van der Waals surface area (Å²) in [5.41, 5.74) is 1.04. The Balaban J connectivity index is 2.48. The highest BCUT2D eigenvalue weighted by atomic mass is 16.4. The molecule has 1 aliphatic rings. The molecule has 0 bridgehead atoms. The predicted octanol–water partition coefficient (Wildman–Crippen LogP) is 2.75. The SMILES string of the molecule is CC(/C=N/O)=C\C1CC=CCC1. The van der Waals surface area contributed by atoms with E-state index in [0.717, 1.165) is 12.0 Å². The van der Waals surface area contributed by atoms with Gasteiger partial charge in [0.25, 0.3) is 0 Å². The van der Waals surface area contributed by atoms with Crippen molar-refractivity contribution in [3.63, 3.8) is 0 Å². The minimum absolute atomic E-state index is 0.632. The monoisotopic (exact) mass is 165 g/mol. The molecule has 0 aromatic carbocycles. The number of hydrogen-bond acceptors (Lipinski definition) is 2. The molecular formula is C10H15NO. The lowest BCUT2D eigenvalue weighted by molar-refractivity contribution is 0.321. The van der Waals surface area contributed by atoms with Gasteiger partial charge in [-0.05, 0) is 37.7 Å². The second kappa shape index (κ2) is 4.75. The van der Waals surface area contributed by atoms with E-state index in [0.29, 0.717) is 5.92 Å². The number of hydrogen-bond donors (Lipinski definition) is 1. The van der Waals surface area contributed by atoms with Gasteiger partial charge in [0.05, 0.1) is 6.21 Å². The molecule has 0 aromatic heterocycles. The summed E-state index contributed by atoms with van der Waals surface area (Å²) in [6, 6.07) is 0. The second-order valence-corrected chi connectivity index (χ2v) is 3.20. The zero-order valence-corrected chi connectivity index (χ0v) is 7.40. The molecule has 1 aliphatic carbocycles. The number of oxime groups is 1. The van der Waals surface area contributed by atoms with Crippen molar-refractivity contribution in [2.45, 2.75) is 26.2 Å². The Hall–Kier alpha value is -1.05. The third kappa shape index (κ3) is 2.91. The first kappa shape index (κ1) is 9.04. The third-order valence-corrected chi connectivity index (χ3v) is 2.07. The summed E-state index contributed by atoms with van der Waals surface area (Å²) < 4.78 is 0. The van der Waals surface area contributed by atoms with Gasteiger partial charge in [-0.2, -0.15) is 0 Å². The standard InChI is InChI=1S/C10H15NO/c1-9(8-11-12)7-10-5-3-2-4-6-10/h2-3,7-8,10,12H,4-6H2,1H3/b9-7+,11-8+. The molecule has 0 saturated heterocycles. The molecule has 1 unspecified atom stereocenters. The Kier molecular flexibility index (Phi) is 3.58. The third-order valence-electron chi connectivity index (χ3n) is 2.07. The van der Waals surface area contributed by atoms with Crippen LogP contribution in [0, 0.1) is 5.92 Å². The molecule has 12 heavy (non-hydrogen) atoms. The highest BCUT2D eigenvalue weighted by molar-refractivity contribution is 5.76. The van der Waals surface area contributed by atoms with Crippen molar-refractivity contribution in [1.82, 2.24) is 0 Å². The summed E-state index contributed by atoms with van der Waals surface area (Å²) in [7, 11) is 0. The fourth-order valence-corrected chi connectivity index (χ4v) is 1.47. The highest BCUT2D eigenvalue weighted by Crippen LogP contribution is 2.20. The molecule has 2 heteroatoms. The first-order chi connectivity index (χ1) is 5.83. The maximum absolute atomic E-state index is 8.28. The molecule has 66 valence electrons. The molecule has 0 radical (unpaired) electrons. The second-order valence-electron chi connectivity index (χ2n) is 3.20. The molecule has 1 rings (SSSR count). The van der Waals surface area contributed by atoms with Gasteiger partial charge >= 0.3 is 0 Å². The molecule has 0 aliphatic heterocycles. The lowest BCUT2D eigenvalue weighted by atomic mass is 9.93. The van der Waals surface area contributed by atoms with E-state index in [4.69, 9.17) is 5.21 Å². The van der Waals surface area contributed by atoms with Crippen LogP contribution < -0.4 is 0 Å². The summed E-state index contributed by atoms with van der Waals surface area (Å²) >= 11 is 0. The average molecular weight is 165 g/mol. The summed E-state index contributed by atoms with van der Waals surface area (Å²) in [5, 5.41) is 11.3. The van der Waals surface area contributed by atoms with E-state index in [9.17, 15) is 0 Å². The summed E-state index contributed by atoms with van der Waals surface area (Å²) in [4.78, 5) is 0. The van der Waals surface area contributed by atoms with Crippen molar-refractivity contribution in [3.05, 3.63) is 23.8 Å². The van der Waals surface area contributed by atoms with Crippen molar-refractivity contribution in [2.24, 2.45) is 11.1 Å². The molecule has 2 nitrogen and oxygen atoms in total. The smallest absolute Gasteiger partial charge is 0.0687 e. The van der Waals surface area contributed by atoms with Crippen molar-refractivity contribution in [2.75, 3.05) is 0 Å². The van der Waals surface area contributed by atoms with E-state index in [-0.39, 0.29) is 0 Å². The molecule has 0 aromatic rings. The van der Waals surface area contributed by atoms with Gasteiger partial charge in [0, 0.05) is 0 Å². The van der Waals surface area contributed by atoms with Crippen molar-refractivity contribution in [1.29, 1.82) is 0 Å². The van der Waals surface area contributed by atoms with E-state index in [2.05, 4.69) is 23.4 Å². The average Bonchev–Trinajstić information content (AvgIpc) is 2.06. The Morgan fingerprint density at radius 2 is 2.42 bits per heavy atom. The molecular weight excluding hydrogens is 150 g/mol. The van der Waals surface area contributed by atoms with Gasteiger partial charge in [0.1, 0.15) is 0 Å². The Morgan fingerprint density at radius 3 is 3.00 bits per heavy atom. The minimum Gasteiger partial charge on any atom is -0.411 e. The zero-order chi connectivity index (χ0) is 8.81. The first-order valence-corrected chi connectivity index (χ1v) is 4.34. The van der Waals surface area contributed by atoms with Crippen LogP contribution in [0.2, 0.25) is 0 Å². The number of nitrogens with zero attached hydrogens (tertiary/aromatic N) is 1. The van der Waals surface area contributed by atoms with Crippen molar-refractivity contribution < 1.29 is 5.21 Å². The number of allylic oxidation sites excluding steroid dienone is 4. The molecule has 0 amide bonds. The zero-order valence-electron chi connectivity index (χ0n) is 7.40. The van der Waals surface area contributed by atoms with Crippen LogP contribution in [0.3, 0.4) is 0 Å². The van der Waals surface area contributed by atoms with E-state index >= 15 is 0 Å². The fraction of sp³-hybridized carbons (Fsp3) is 0.500. The van der Waals surface area contributed by atoms with E-state index < -0.39 is 0 Å². The highest BCUT2D eigenvalue weighted by Gasteiger charge is 2.05. The van der Waals surface area contributed by atoms with Gasteiger partial charge in [-0.1, -0.05) is 23.4 Å². The van der Waals surface area contributed by atoms with Gasteiger partial charge < -0.3 is 5.21 Å². The maximum atomic E-state index is 8.28. The van der Waals surface area contributed by atoms with Crippen LogP contribution in [0.4, 0.5) is 0 Å². The Morgan fingerprint density at radius 1 is 1.58 bits per heavy atom. The van der Waals surface area contributed by atoms with Gasteiger partial charge in [-0.25, -0.2) is 0 Å². The van der Waals surface area contributed by atoms with Gasteiger partial charge in [0.2, 0.25) is 0 Å². The topological polar surface area (TPSA) is 32.6 Å². The molecule has 0 spiro atoms. The Bertz CT molecular complexity index is 216. The van der Waals surface area contributed by atoms with Crippen molar-refractivity contribution in [3.8, 4) is 0 Å². The predicted molar refractivity (Wildman–Crippen MR) is 50.5 cm³/mol. The van der Waals surface area contributed by atoms with Crippen LogP contribution in [-0.4, -0.2) is 11.4 Å². The number of rotatable bonds is 2. The molecule has 1 N–H and O–H groups in total. The summed E-state index contributed by atoms with van der Waals surface area (Å²) in [5.74, 6) is 0.632. The largest absolute Gasteiger partial charge is 0.411 e. The normalized spacial score (nSPS) is 25.1. The quantitative estimate of drug-likeness (QED) is 0.290. The van der Waals surface area contributed by atoms with E-state index in [1.165, 1.54) is 19.1 Å². The lowest BCUT2D eigenvalue weighted by Gasteiger charge is -2.13. The van der Waals surface area contributed by atoms with E-state index in [1.807, 2.05) is 6.92 Å². The summed E-state index contributed by atoms with van der Waals surface area (Å²) in [6.45, 7) is 1.96. The van der Waals surface area contributed by atoms with Crippen LogP contribution in [0.1, 0.15) is 26.2 Å². The maximum Gasteiger partial charge on any atom is 0.0687 e. The van der Waals surface area contributed by atoms with Gasteiger partial charge in [-0.15, -0.1) is 0 Å². The molecule has 1 atom stereocenters. The molecule has 0 fully saturated rings. The van der Waals surface area contributed by atoms with Crippen LogP contribution in [-0.2, 0) is 0 Å².